The van der Waals surface area contributed by atoms with Crippen molar-refractivity contribution < 1.29 is 59.4 Å². The number of carbonyl (C=O) groups is 6. The molecule has 0 aromatic heterocycles. The Balaban J connectivity index is 3.24. The van der Waals surface area contributed by atoms with Gasteiger partial charge < -0.3 is 36.0 Å². The van der Waals surface area contributed by atoms with Crippen molar-refractivity contribution in [3.63, 3.8) is 0 Å². The predicted octanol–water partition coefficient (Wildman–Crippen LogP) is -0.380. The van der Waals surface area contributed by atoms with Crippen molar-refractivity contribution in [2.75, 3.05) is 52.4 Å². The highest BCUT2D eigenvalue weighted by molar-refractivity contribution is 5.75. The van der Waals surface area contributed by atoms with Gasteiger partial charge in [-0.2, -0.15) is 0 Å². The molecular formula is C26H44N4O12. The summed E-state index contributed by atoms with van der Waals surface area (Å²) in [7, 11) is 0. The van der Waals surface area contributed by atoms with Gasteiger partial charge in [0.15, 0.2) is 0 Å². The highest BCUT2D eigenvalue weighted by atomic mass is 16.4. The molecule has 0 saturated carbocycles. The molecule has 1 aliphatic heterocycles. The van der Waals surface area contributed by atoms with Gasteiger partial charge in [0.2, 0.25) is 0 Å². The molecular weight excluding hydrogens is 560 g/mol. The zero-order valence-corrected chi connectivity index (χ0v) is 23.7. The van der Waals surface area contributed by atoms with Gasteiger partial charge in [0.05, 0.1) is 0 Å². The van der Waals surface area contributed by atoms with E-state index in [0.717, 1.165) is 0 Å². The number of carboxylic acids is 6. The maximum atomic E-state index is 12.3. The molecule has 16 heteroatoms. The van der Waals surface area contributed by atoms with Crippen molar-refractivity contribution in [3.05, 3.63) is 0 Å². The van der Waals surface area contributed by atoms with Crippen LogP contribution in [0.25, 0.3) is 0 Å². The Hall–Kier alpha value is -3.34. The molecule has 3 atom stereocenters. The fraction of sp³-hybridized carbons (Fsp3) is 0.769. The molecule has 0 amide bonds. The third-order valence-corrected chi connectivity index (χ3v) is 7.28. The quantitative estimate of drug-likeness (QED) is 0.105. The fourth-order valence-corrected chi connectivity index (χ4v) is 5.08. The summed E-state index contributed by atoms with van der Waals surface area (Å²) >= 11 is 0. The van der Waals surface area contributed by atoms with E-state index >= 15 is 0 Å². The molecule has 1 fully saturated rings. The van der Waals surface area contributed by atoms with Crippen LogP contribution in [0.15, 0.2) is 0 Å². The van der Waals surface area contributed by atoms with Crippen molar-refractivity contribution in [1.29, 1.82) is 0 Å². The Morgan fingerprint density at radius 2 is 0.738 bits per heavy atom. The van der Waals surface area contributed by atoms with E-state index in [9.17, 15) is 44.1 Å². The number of nitrogens with one attached hydrogen (secondary N) is 1. The molecule has 0 aliphatic carbocycles. The van der Waals surface area contributed by atoms with Crippen LogP contribution in [0.4, 0.5) is 0 Å². The van der Waals surface area contributed by atoms with Gasteiger partial charge in [0.1, 0.15) is 18.1 Å². The summed E-state index contributed by atoms with van der Waals surface area (Å²) in [4.78, 5) is 74.4. The van der Waals surface area contributed by atoms with E-state index in [1.54, 1.807) is 14.7 Å². The summed E-state index contributed by atoms with van der Waals surface area (Å²) in [5.74, 6) is -6.62. The second-order valence-corrected chi connectivity index (χ2v) is 10.3. The first kappa shape index (κ1) is 36.7. The zero-order chi connectivity index (χ0) is 31.7. The molecule has 42 heavy (non-hydrogen) atoms. The van der Waals surface area contributed by atoms with Crippen LogP contribution >= 0.6 is 0 Å². The van der Waals surface area contributed by atoms with Gasteiger partial charge in [-0.15, -0.1) is 0 Å². The number of rotatable bonds is 18. The second-order valence-electron chi connectivity index (χ2n) is 10.3. The molecule has 1 aliphatic rings. The summed E-state index contributed by atoms with van der Waals surface area (Å²) < 4.78 is 0. The Labute approximate surface area is 243 Å². The smallest absolute Gasteiger partial charge is 0.320 e. The molecule has 7 N–H and O–H groups in total. The summed E-state index contributed by atoms with van der Waals surface area (Å²) in [6, 6.07) is -3.12. The number of hydrogen-bond acceptors (Lipinski definition) is 10. The molecule has 1 heterocycles. The standard InChI is InChI=1S/C26H44N4O12/c31-21(32)7-1-4-18(24(37)38)28-12-10-27-11-13-29(19(25(39)40)5-2-8-22(33)34)15-17-30(16-14-28)20(26(41)42)6-3-9-23(35)36/h18-20,27H,1-17H2,(H,31,32)(H,33,34)(H,35,36)(H,37,38)(H,39,40)(H,41,42). The minimum Gasteiger partial charge on any atom is -0.481 e. The Morgan fingerprint density at radius 3 is 0.976 bits per heavy atom. The molecule has 0 aromatic carbocycles. The minimum atomic E-state index is -1.19. The first-order valence-corrected chi connectivity index (χ1v) is 14.1. The van der Waals surface area contributed by atoms with E-state index in [-0.39, 0.29) is 97.1 Å². The lowest BCUT2D eigenvalue weighted by Crippen LogP contribution is -2.54. The van der Waals surface area contributed by atoms with Crippen molar-refractivity contribution in [2.24, 2.45) is 0 Å². The van der Waals surface area contributed by atoms with Crippen LogP contribution in [-0.4, -0.2) is 152 Å². The molecule has 0 aromatic rings. The van der Waals surface area contributed by atoms with Crippen LogP contribution in [0.5, 0.6) is 0 Å². The van der Waals surface area contributed by atoms with Crippen LogP contribution in [0.1, 0.15) is 57.8 Å². The van der Waals surface area contributed by atoms with Gasteiger partial charge in [-0.25, -0.2) is 0 Å². The third kappa shape index (κ3) is 14.5. The SMILES string of the molecule is O=C(O)CCCC(C(=O)O)N1CCNCCN(C(CCCC(=O)O)C(=O)O)CCN(C(CCCC(=O)O)C(=O)O)CC1. The molecule has 0 bridgehead atoms. The highest BCUT2D eigenvalue weighted by Gasteiger charge is 2.32. The lowest BCUT2D eigenvalue weighted by Gasteiger charge is -2.37. The van der Waals surface area contributed by atoms with E-state index in [0.29, 0.717) is 13.1 Å². The minimum absolute atomic E-state index is 0.00509. The molecule has 1 saturated heterocycles. The summed E-state index contributed by atoms with van der Waals surface area (Å²) in [6.07, 6.45) is -0.109. The van der Waals surface area contributed by atoms with Crippen LogP contribution < -0.4 is 5.32 Å². The highest BCUT2D eigenvalue weighted by Crippen LogP contribution is 2.16. The largest absolute Gasteiger partial charge is 0.481 e. The maximum absolute atomic E-state index is 12.3. The Kier molecular flexibility index (Phi) is 17.2. The molecule has 0 radical (unpaired) electrons. The lowest BCUT2D eigenvalue weighted by atomic mass is 10.1. The fourth-order valence-electron chi connectivity index (χ4n) is 5.08. The summed E-state index contributed by atoms with van der Waals surface area (Å²) in [5.41, 5.74) is 0. The maximum Gasteiger partial charge on any atom is 0.320 e. The number of nitrogens with zero attached hydrogens (tertiary/aromatic N) is 3. The Morgan fingerprint density at radius 1 is 0.476 bits per heavy atom. The van der Waals surface area contributed by atoms with Crippen molar-refractivity contribution >= 4 is 35.8 Å². The van der Waals surface area contributed by atoms with E-state index in [4.69, 9.17) is 15.3 Å². The van der Waals surface area contributed by atoms with Crippen molar-refractivity contribution in [1.82, 2.24) is 20.0 Å². The average molecular weight is 605 g/mol. The average Bonchev–Trinajstić information content (AvgIpc) is 2.87. The van der Waals surface area contributed by atoms with E-state index in [2.05, 4.69) is 5.32 Å². The van der Waals surface area contributed by atoms with Crippen LogP contribution in [0.3, 0.4) is 0 Å². The van der Waals surface area contributed by atoms with Crippen LogP contribution in [-0.2, 0) is 28.8 Å². The van der Waals surface area contributed by atoms with E-state index in [1.165, 1.54) is 0 Å². The molecule has 3 unspecified atom stereocenters. The summed E-state index contributed by atoms with van der Waals surface area (Å²) in [5, 5.41) is 59.9. The summed E-state index contributed by atoms with van der Waals surface area (Å²) in [6.45, 7) is 1.55. The third-order valence-electron chi connectivity index (χ3n) is 7.28. The second kappa shape index (κ2) is 19.7. The van der Waals surface area contributed by atoms with Crippen LogP contribution in [0.2, 0.25) is 0 Å². The van der Waals surface area contributed by atoms with Gasteiger partial charge in [0, 0.05) is 71.6 Å². The number of hydrogen-bond donors (Lipinski definition) is 7. The zero-order valence-electron chi connectivity index (χ0n) is 23.7. The molecule has 1 rings (SSSR count). The monoisotopic (exact) mass is 604 g/mol. The normalized spacial score (nSPS) is 18.6. The number of aliphatic carboxylic acids is 6. The first-order valence-electron chi connectivity index (χ1n) is 14.1. The van der Waals surface area contributed by atoms with E-state index < -0.39 is 53.9 Å². The van der Waals surface area contributed by atoms with E-state index in [1.807, 2.05) is 0 Å². The molecule has 16 nitrogen and oxygen atoms in total. The number of carboxylic acid groups (broad SMARTS) is 6. The van der Waals surface area contributed by atoms with Gasteiger partial charge >= 0.3 is 35.8 Å². The first-order chi connectivity index (χ1) is 19.8. The lowest BCUT2D eigenvalue weighted by molar-refractivity contribution is -0.147. The molecule has 240 valence electrons. The van der Waals surface area contributed by atoms with Crippen molar-refractivity contribution in [2.45, 2.75) is 75.9 Å². The van der Waals surface area contributed by atoms with Gasteiger partial charge in [-0.05, 0) is 38.5 Å². The van der Waals surface area contributed by atoms with Gasteiger partial charge in [-0.1, -0.05) is 0 Å². The molecule has 0 spiro atoms. The Bertz CT molecular complexity index is 866. The predicted molar refractivity (Wildman–Crippen MR) is 146 cm³/mol. The van der Waals surface area contributed by atoms with Gasteiger partial charge in [-0.3, -0.25) is 43.5 Å². The topological polar surface area (TPSA) is 246 Å². The van der Waals surface area contributed by atoms with Crippen molar-refractivity contribution in [3.8, 4) is 0 Å². The van der Waals surface area contributed by atoms with Crippen LogP contribution in [0, 0.1) is 0 Å². The van der Waals surface area contributed by atoms with Gasteiger partial charge in [0.25, 0.3) is 0 Å².